The molecule has 0 radical (unpaired) electrons. The lowest BCUT2D eigenvalue weighted by atomic mass is 10.1. The van der Waals surface area contributed by atoms with Crippen molar-refractivity contribution in [3.05, 3.63) is 52.1 Å². The van der Waals surface area contributed by atoms with Crippen molar-refractivity contribution in [2.24, 2.45) is 5.73 Å². The molecule has 0 bridgehead atoms. The number of carbonyl (C=O) groups is 1. The summed E-state index contributed by atoms with van der Waals surface area (Å²) in [7, 11) is 1.60. The average Bonchev–Trinajstić information content (AvgIpc) is 2.96. The topological polar surface area (TPSA) is 96.7 Å². The molecule has 8 heteroatoms. The third-order valence-electron chi connectivity index (χ3n) is 3.31. The van der Waals surface area contributed by atoms with Crippen molar-refractivity contribution in [3.63, 3.8) is 0 Å². The second-order valence-corrected chi connectivity index (χ2v) is 5.30. The Morgan fingerprint density at radius 3 is 2.88 bits per heavy atom. The van der Waals surface area contributed by atoms with Crippen LogP contribution in [0.3, 0.4) is 0 Å². The van der Waals surface area contributed by atoms with Crippen LogP contribution in [0.2, 0.25) is 5.02 Å². The number of primary amides is 1. The molecule has 0 aliphatic carbocycles. The third kappa shape index (κ3) is 2.87. The molecule has 0 saturated heterocycles. The Balaban J connectivity index is 2.07. The molecular weight excluding hydrogens is 333 g/mol. The molecule has 0 spiro atoms. The zero-order valence-corrected chi connectivity index (χ0v) is 13.2. The number of nitrogens with zero attached hydrogens (tertiary/aromatic N) is 2. The number of halogens is 2. The van der Waals surface area contributed by atoms with Gasteiger partial charge in [0.15, 0.2) is 5.82 Å². The number of rotatable bonds is 2. The Labute approximate surface area is 141 Å². The van der Waals surface area contributed by atoms with Gasteiger partial charge >= 0.3 is 0 Å². The first-order valence-electron chi connectivity index (χ1n) is 6.82. The minimum atomic E-state index is -0.687. The van der Waals surface area contributed by atoms with E-state index in [1.807, 2.05) is 0 Å². The van der Waals surface area contributed by atoms with Crippen molar-refractivity contribution < 1.29 is 9.18 Å². The van der Waals surface area contributed by atoms with Gasteiger partial charge in [-0.05, 0) is 24.1 Å². The number of anilines is 1. The summed E-state index contributed by atoms with van der Waals surface area (Å²) < 4.78 is 14.2. The number of nitrogens with one attached hydrogen (secondary N) is 2. The highest BCUT2D eigenvalue weighted by Gasteiger charge is 2.16. The fraction of sp³-hybridized carbons (Fsp3) is 0.0625. The van der Waals surface area contributed by atoms with E-state index in [4.69, 9.17) is 17.3 Å². The number of pyridine rings is 1. The van der Waals surface area contributed by atoms with Gasteiger partial charge in [0.25, 0.3) is 5.91 Å². The fourth-order valence-corrected chi connectivity index (χ4v) is 2.37. The number of fused-ring (bicyclic) bond motifs is 1. The molecule has 0 saturated carbocycles. The van der Waals surface area contributed by atoms with E-state index in [0.29, 0.717) is 15.9 Å². The van der Waals surface area contributed by atoms with Gasteiger partial charge in [0.05, 0.1) is 16.1 Å². The van der Waals surface area contributed by atoms with Gasteiger partial charge in [-0.25, -0.2) is 4.39 Å². The molecule has 0 aliphatic rings. The van der Waals surface area contributed by atoms with Crippen LogP contribution in [0.25, 0.3) is 10.9 Å². The van der Waals surface area contributed by atoms with Gasteiger partial charge in [0.2, 0.25) is 0 Å². The number of nitrogens with two attached hydrogens (primary N) is 1. The van der Waals surface area contributed by atoms with E-state index in [9.17, 15) is 9.18 Å². The van der Waals surface area contributed by atoms with Crippen LogP contribution in [0.5, 0.6) is 0 Å². The number of hydrogen-bond donors (Lipinski definition) is 3. The molecule has 1 amide bonds. The Bertz CT molecular complexity index is 1020. The molecule has 0 atom stereocenters. The summed E-state index contributed by atoms with van der Waals surface area (Å²) >= 11 is 5.84. The molecule has 0 fully saturated rings. The first-order valence-corrected chi connectivity index (χ1v) is 7.20. The highest BCUT2D eigenvalue weighted by Crippen LogP contribution is 2.20. The summed E-state index contributed by atoms with van der Waals surface area (Å²) in [4.78, 5) is 15.6. The molecule has 3 aromatic rings. The highest BCUT2D eigenvalue weighted by molar-refractivity contribution is 6.31. The van der Waals surface area contributed by atoms with Crippen molar-refractivity contribution in [2.45, 2.75) is 0 Å². The molecular formula is C16H11ClFN5O. The maximum atomic E-state index is 14.2. The van der Waals surface area contributed by atoms with E-state index in [1.54, 1.807) is 13.1 Å². The van der Waals surface area contributed by atoms with Gasteiger partial charge in [-0.1, -0.05) is 17.5 Å². The molecule has 6 nitrogen and oxygen atoms in total. The van der Waals surface area contributed by atoms with Crippen LogP contribution in [-0.2, 0) is 0 Å². The predicted octanol–water partition coefficient (Wildman–Crippen LogP) is 2.29. The maximum absolute atomic E-state index is 14.2. The number of aromatic nitrogens is 3. The van der Waals surface area contributed by atoms with Crippen molar-refractivity contribution in [1.82, 2.24) is 15.2 Å². The minimum Gasteiger partial charge on any atom is -0.371 e. The minimum absolute atomic E-state index is 0.121. The average molecular weight is 344 g/mol. The van der Waals surface area contributed by atoms with Gasteiger partial charge in [0, 0.05) is 18.6 Å². The van der Waals surface area contributed by atoms with Crippen LogP contribution in [0.1, 0.15) is 21.6 Å². The largest absolute Gasteiger partial charge is 0.371 e. The Morgan fingerprint density at radius 2 is 2.17 bits per heavy atom. The summed E-state index contributed by atoms with van der Waals surface area (Å²) in [5.74, 6) is 4.42. The quantitative estimate of drug-likeness (QED) is 0.622. The Hall–Kier alpha value is -3.11. The van der Waals surface area contributed by atoms with Crippen molar-refractivity contribution in [3.8, 4) is 11.8 Å². The van der Waals surface area contributed by atoms with E-state index in [0.717, 1.165) is 0 Å². The molecule has 2 heterocycles. The van der Waals surface area contributed by atoms with E-state index in [1.165, 1.54) is 18.3 Å². The number of amides is 1. The van der Waals surface area contributed by atoms with E-state index >= 15 is 0 Å². The molecule has 4 N–H and O–H groups in total. The zero-order valence-electron chi connectivity index (χ0n) is 12.4. The molecule has 3 rings (SSSR count). The standard InChI is InChI=1S/C16H11ClFN5O/c1-20-16-14(15(19)24)12(22-23-16)3-2-8-6-13-9(5-11(8)18)4-10(17)7-21-13/h4-7H,1H3,(H2,19,24)(H2,20,22,23). The molecule has 24 heavy (non-hydrogen) atoms. The second kappa shape index (κ2) is 6.18. The number of benzene rings is 1. The zero-order chi connectivity index (χ0) is 17.3. The summed E-state index contributed by atoms with van der Waals surface area (Å²) in [6.45, 7) is 0. The molecule has 0 unspecified atom stereocenters. The normalized spacial score (nSPS) is 10.3. The molecule has 120 valence electrons. The first kappa shape index (κ1) is 15.8. The predicted molar refractivity (Wildman–Crippen MR) is 89.3 cm³/mol. The second-order valence-electron chi connectivity index (χ2n) is 4.86. The number of aromatic amines is 1. The highest BCUT2D eigenvalue weighted by atomic mass is 35.5. The van der Waals surface area contributed by atoms with E-state index < -0.39 is 11.7 Å². The summed E-state index contributed by atoms with van der Waals surface area (Å²) in [5.41, 5.74) is 6.33. The van der Waals surface area contributed by atoms with Gasteiger partial charge in [-0.3, -0.25) is 14.9 Å². The van der Waals surface area contributed by atoms with Crippen molar-refractivity contribution >= 4 is 34.2 Å². The van der Waals surface area contributed by atoms with E-state index in [-0.39, 0.29) is 22.6 Å². The van der Waals surface area contributed by atoms with Gasteiger partial charge in [0.1, 0.15) is 17.1 Å². The summed E-state index contributed by atoms with van der Waals surface area (Å²) in [5, 5.41) is 10.2. The van der Waals surface area contributed by atoms with Crippen LogP contribution < -0.4 is 11.1 Å². The molecule has 0 aliphatic heterocycles. The lowest BCUT2D eigenvalue weighted by Gasteiger charge is -2.00. The summed E-state index contributed by atoms with van der Waals surface area (Å²) in [6, 6.07) is 4.43. The van der Waals surface area contributed by atoms with Crippen LogP contribution in [0, 0.1) is 17.7 Å². The third-order valence-corrected chi connectivity index (χ3v) is 3.52. The first-order chi connectivity index (χ1) is 11.5. The molecule has 2 aromatic heterocycles. The smallest absolute Gasteiger partial charge is 0.255 e. The molecule has 1 aromatic carbocycles. The van der Waals surface area contributed by atoms with Crippen LogP contribution in [-0.4, -0.2) is 28.1 Å². The van der Waals surface area contributed by atoms with Gasteiger partial charge in [-0.15, -0.1) is 0 Å². The lowest BCUT2D eigenvalue weighted by molar-refractivity contribution is 0.100. The van der Waals surface area contributed by atoms with Gasteiger partial charge < -0.3 is 11.1 Å². The van der Waals surface area contributed by atoms with E-state index in [2.05, 4.69) is 32.3 Å². The Morgan fingerprint density at radius 1 is 1.38 bits per heavy atom. The summed E-state index contributed by atoms with van der Waals surface area (Å²) in [6.07, 6.45) is 1.47. The Kier molecular flexibility index (Phi) is 4.06. The fourth-order valence-electron chi connectivity index (χ4n) is 2.20. The SMILES string of the molecule is CNc1n[nH]c(C#Cc2cc3ncc(Cl)cc3cc2F)c1C(N)=O. The van der Waals surface area contributed by atoms with Crippen LogP contribution >= 0.6 is 11.6 Å². The van der Waals surface area contributed by atoms with Crippen LogP contribution in [0.4, 0.5) is 10.2 Å². The number of carbonyl (C=O) groups excluding carboxylic acids is 1. The monoisotopic (exact) mass is 343 g/mol. The van der Waals surface area contributed by atoms with Gasteiger partial charge in [-0.2, -0.15) is 5.10 Å². The lowest BCUT2D eigenvalue weighted by Crippen LogP contribution is -2.13. The van der Waals surface area contributed by atoms with Crippen molar-refractivity contribution in [2.75, 3.05) is 12.4 Å². The maximum Gasteiger partial charge on any atom is 0.255 e. The van der Waals surface area contributed by atoms with Crippen LogP contribution in [0.15, 0.2) is 24.4 Å². The number of H-pyrrole nitrogens is 1. The van der Waals surface area contributed by atoms with Crippen molar-refractivity contribution in [1.29, 1.82) is 0 Å². The number of hydrogen-bond acceptors (Lipinski definition) is 4.